The second-order valence-corrected chi connectivity index (χ2v) is 14.9. The van der Waals surface area contributed by atoms with Gasteiger partial charge in [0.1, 0.15) is 0 Å². The molecule has 12 rings (SSSR count). The van der Waals surface area contributed by atoms with E-state index in [4.69, 9.17) is 0 Å². The van der Waals surface area contributed by atoms with Crippen LogP contribution in [0.15, 0.2) is 212 Å². The lowest BCUT2D eigenvalue weighted by molar-refractivity contribution is 1.17. The van der Waals surface area contributed by atoms with Crippen molar-refractivity contribution in [3.05, 3.63) is 212 Å². The molecule has 0 saturated carbocycles. The predicted molar refractivity (Wildman–Crippen MR) is 240 cm³/mol. The third-order valence-electron chi connectivity index (χ3n) is 11.8. The summed E-state index contributed by atoms with van der Waals surface area (Å²) in [6, 6.07) is 77.4. The molecule has 3 nitrogen and oxygen atoms in total. The summed E-state index contributed by atoms with van der Waals surface area (Å²) in [5.41, 5.74) is 15.5. The normalized spacial score (nSPS) is 11.9. The SMILES string of the molecule is c1ccc(-c2ccc3c4c5c6ccccc6n(-c6ccccc6-c6ccc7c(c6)c6ccccc6n7-c6ccccc6)c5ccc4n(-c4ccccc4)c3c2)cc1. The third kappa shape index (κ3) is 4.73. The second kappa shape index (κ2) is 12.5. The van der Waals surface area contributed by atoms with Crippen molar-refractivity contribution in [1.29, 1.82) is 0 Å². The summed E-state index contributed by atoms with van der Waals surface area (Å²) in [4.78, 5) is 0. The highest BCUT2D eigenvalue weighted by Crippen LogP contribution is 2.45. The summed E-state index contributed by atoms with van der Waals surface area (Å²) < 4.78 is 7.31. The molecule has 0 aliphatic rings. The highest BCUT2D eigenvalue weighted by Gasteiger charge is 2.22. The molecule has 0 spiro atoms. The number of hydrogen-bond donors (Lipinski definition) is 0. The standard InChI is InChI=1S/C54H35N3/c1-4-16-36(17-5-1)37-28-30-44-52(35-37)56(40-20-8-3-9-21-40)50-32-33-51-53(54(44)50)43-24-12-15-27-48(43)57(51)46-25-13-10-22-41(46)38-29-31-49-45(34-38)42-23-11-14-26-47(42)55(49)39-18-6-2-7-19-39/h1-35H. The van der Waals surface area contributed by atoms with Crippen LogP contribution in [0.2, 0.25) is 0 Å². The van der Waals surface area contributed by atoms with Crippen molar-refractivity contribution in [1.82, 2.24) is 13.7 Å². The van der Waals surface area contributed by atoms with E-state index in [2.05, 4.69) is 226 Å². The number of fused-ring (bicyclic) bond motifs is 10. The first-order chi connectivity index (χ1) is 28.3. The van der Waals surface area contributed by atoms with Gasteiger partial charge >= 0.3 is 0 Å². The van der Waals surface area contributed by atoms with E-state index < -0.39 is 0 Å². The largest absolute Gasteiger partial charge is 0.309 e. The predicted octanol–water partition coefficient (Wildman–Crippen LogP) is 14.3. The Balaban J connectivity index is 1.13. The summed E-state index contributed by atoms with van der Waals surface area (Å²) in [6.45, 7) is 0. The molecule has 266 valence electrons. The van der Waals surface area contributed by atoms with Crippen LogP contribution >= 0.6 is 0 Å². The van der Waals surface area contributed by atoms with Crippen LogP contribution in [0.5, 0.6) is 0 Å². The van der Waals surface area contributed by atoms with Crippen LogP contribution < -0.4 is 0 Å². The monoisotopic (exact) mass is 725 g/mol. The lowest BCUT2D eigenvalue weighted by atomic mass is 10.0. The molecule has 0 atom stereocenters. The molecular weight excluding hydrogens is 691 g/mol. The first-order valence-corrected chi connectivity index (χ1v) is 19.6. The Bertz CT molecular complexity index is 3500. The van der Waals surface area contributed by atoms with Crippen LogP contribution in [0.3, 0.4) is 0 Å². The Morgan fingerprint density at radius 3 is 1.46 bits per heavy atom. The van der Waals surface area contributed by atoms with E-state index in [9.17, 15) is 0 Å². The zero-order valence-corrected chi connectivity index (χ0v) is 31.0. The molecule has 0 radical (unpaired) electrons. The van der Waals surface area contributed by atoms with Crippen molar-refractivity contribution in [2.45, 2.75) is 0 Å². The summed E-state index contributed by atoms with van der Waals surface area (Å²) in [6.07, 6.45) is 0. The van der Waals surface area contributed by atoms with Crippen LogP contribution in [0.25, 0.3) is 105 Å². The summed E-state index contributed by atoms with van der Waals surface area (Å²) >= 11 is 0. The van der Waals surface area contributed by atoms with E-state index in [0.29, 0.717) is 0 Å². The van der Waals surface area contributed by atoms with E-state index in [0.717, 1.165) is 11.4 Å². The van der Waals surface area contributed by atoms with Gasteiger partial charge < -0.3 is 13.7 Å². The van der Waals surface area contributed by atoms with E-state index in [1.807, 2.05) is 0 Å². The molecule has 0 aliphatic carbocycles. The van der Waals surface area contributed by atoms with Crippen molar-refractivity contribution in [3.8, 4) is 39.3 Å². The van der Waals surface area contributed by atoms with Crippen LogP contribution in [0.4, 0.5) is 0 Å². The maximum atomic E-state index is 2.49. The fourth-order valence-corrected chi connectivity index (χ4v) is 9.40. The second-order valence-electron chi connectivity index (χ2n) is 14.9. The highest BCUT2D eigenvalue weighted by atomic mass is 15.0. The summed E-state index contributed by atoms with van der Waals surface area (Å²) in [7, 11) is 0. The fourth-order valence-electron chi connectivity index (χ4n) is 9.40. The van der Waals surface area contributed by atoms with Crippen molar-refractivity contribution in [3.63, 3.8) is 0 Å². The van der Waals surface area contributed by atoms with Crippen LogP contribution in [0.1, 0.15) is 0 Å². The van der Waals surface area contributed by atoms with Gasteiger partial charge in [-0.15, -0.1) is 0 Å². The van der Waals surface area contributed by atoms with Gasteiger partial charge in [-0.25, -0.2) is 0 Å². The summed E-state index contributed by atoms with van der Waals surface area (Å²) in [5, 5.41) is 7.53. The average Bonchev–Trinajstić information content (AvgIpc) is 3.92. The van der Waals surface area contributed by atoms with Crippen molar-refractivity contribution in [2.24, 2.45) is 0 Å². The molecule has 0 bridgehead atoms. The van der Waals surface area contributed by atoms with Crippen LogP contribution in [-0.2, 0) is 0 Å². The van der Waals surface area contributed by atoms with Gasteiger partial charge in [-0.1, -0.05) is 140 Å². The molecular formula is C54H35N3. The van der Waals surface area contributed by atoms with Gasteiger partial charge in [-0.2, -0.15) is 0 Å². The quantitative estimate of drug-likeness (QED) is 0.168. The number of aromatic nitrogens is 3. The number of benzene rings is 9. The Kier molecular flexibility index (Phi) is 6.93. The zero-order valence-electron chi connectivity index (χ0n) is 31.0. The van der Waals surface area contributed by atoms with E-state index in [1.54, 1.807) is 0 Å². The van der Waals surface area contributed by atoms with Crippen molar-refractivity contribution in [2.75, 3.05) is 0 Å². The lowest BCUT2D eigenvalue weighted by Crippen LogP contribution is -1.97. The van der Waals surface area contributed by atoms with E-state index >= 15 is 0 Å². The number of rotatable bonds is 5. The number of nitrogens with zero attached hydrogens (tertiary/aromatic N) is 3. The third-order valence-corrected chi connectivity index (χ3v) is 11.8. The van der Waals surface area contributed by atoms with Crippen LogP contribution in [0, 0.1) is 0 Å². The first kappa shape index (κ1) is 31.7. The molecule has 0 unspecified atom stereocenters. The highest BCUT2D eigenvalue weighted by molar-refractivity contribution is 6.29. The maximum absolute atomic E-state index is 2.49. The van der Waals surface area contributed by atoms with Gasteiger partial charge in [0.2, 0.25) is 0 Å². The Morgan fingerprint density at radius 1 is 0.246 bits per heavy atom. The van der Waals surface area contributed by atoms with E-state index in [1.165, 1.54) is 93.4 Å². The molecule has 0 amide bonds. The van der Waals surface area contributed by atoms with E-state index in [-0.39, 0.29) is 0 Å². The van der Waals surface area contributed by atoms with Gasteiger partial charge in [0, 0.05) is 49.3 Å². The minimum atomic E-state index is 1.15. The minimum absolute atomic E-state index is 1.15. The topological polar surface area (TPSA) is 14.8 Å². The Morgan fingerprint density at radius 2 is 0.737 bits per heavy atom. The molecule has 9 aromatic carbocycles. The molecule has 0 saturated heterocycles. The Hall–Kier alpha value is -7.62. The van der Waals surface area contributed by atoms with Gasteiger partial charge in [-0.3, -0.25) is 0 Å². The Labute approximate surface area is 329 Å². The summed E-state index contributed by atoms with van der Waals surface area (Å²) in [5.74, 6) is 0. The minimum Gasteiger partial charge on any atom is -0.309 e. The fraction of sp³-hybridized carbons (Fsp3) is 0. The lowest BCUT2D eigenvalue weighted by Gasteiger charge is -2.15. The molecule has 3 aromatic heterocycles. The maximum Gasteiger partial charge on any atom is 0.0549 e. The molecule has 0 fully saturated rings. The molecule has 3 heteroatoms. The number of hydrogen-bond acceptors (Lipinski definition) is 0. The number of para-hydroxylation sites is 5. The van der Waals surface area contributed by atoms with Gasteiger partial charge in [0.05, 0.1) is 38.8 Å². The van der Waals surface area contributed by atoms with Crippen LogP contribution in [-0.4, -0.2) is 13.7 Å². The van der Waals surface area contributed by atoms with Gasteiger partial charge in [0.15, 0.2) is 0 Å². The van der Waals surface area contributed by atoms with Gasteiger partial charge in [0.25, 0.3) is 0 Å². The van der Waals surface area contributed by atoms with Crippen molar-refractivity contribution >= 4 is 65.4 Å². The molecule has 12 aromatic rings. The molecule has 0 aliphatic heterocycles. The first-order valence-electron chi connectivity index (χ1n) is 19.6. The zero-order chi connectivity index (χ0) is 37.5. The van der Waals surface area contributed by atoms with Gasteiger partial charge in [-0.05, 0) is 89.5 Å². The molecule has 0 N–H and O–H groups in total. The van der Waals surface area contributed by atoms with Crippen molar-refractivity contribution < 1.29 is 0 Å². The smallest absolute Gasteiger partial charge is 0.0549 e. The average molecular weight is 726 g/mol. The molecule has 3 heterocycles. The molecule has 57 heavy (non-hydrogen) atoms.